The summed E-state index contributed by atoms with van der Waals surface area (Å²) in [5.41, 5.74) is 0.880. The summed E-state index contributed by atoms with van der Waals surface area (Å²) in [7, 11) is 1.87. The average Bonchev–Trinajstić information content (AvgIpc) is 2.98. The van der Waals surface area contributed by atoms with Gasteiger partial charge in [-0.15, -0.1) is 11.3 Å². The highest BCUT2D eigenvalue weighted by atomic mass is 32.1. The van der Waals surface area contributed by atoms with Gasteiger partial charge in [-0.2, -0.15) is 5.10 Å². The number of aryl methyl sites for hydroxylation is 2. The second-order valence-corrected chi connectivity index (χ2v) is 6.16. The molecule has 2 rings (SSSR count). The number of hydrogen-bond donors (Lipinski definition) is 1. The van der Waals surface area contributed by atoms with Crippen molar-refractivity contribution in [2.45, 2.75) is 33.1 Å². The Morgan fingerprint density at radius 1 is 1.52 bits per heavy atom. The Morgan fingerprint density at radius 2 is 2.24 bits per heavy atom. The zero-order chi connectivity index (χ0) is 15.6. The maximum absolute atomic E-state index is 12.0. The van der Waals surface area contributed by atoms with Gasteiger partial charge in [0.05, 0.1) is 18.0 Å². The Balaban J connectivity index is 2.18. The zero-order valence-electron chi connectivity index (χ0n) is 12.9. The third-order valence-corrected chi connectivity index (χ3v) is 3.92. The lowest BCUT2D eigenvalue weighted by atomic mass is 9.90. The average molecular weight is 308 g/mol. The van der Waals surface area contributed by atoms with Crippen LogP contribution in [0.3, 0.4) is 0 Å². The molecule has 0 spiro atoms. The van der Waals surface area contributed by atoms with E-state index in [1.807, 2.05) is 39.3 Å². The molecule has 0 saturated heterocycles. The number of thiazole rings is 1. The monoisotopic (exact) mass is 308 g/mol. The van der Waals surface area contributed by atoms with Gasteiger partial charge in [0, 0.05) is 18.5 Å². The lowest BCUT2D eigenvalue weighted by molar-refractivity contribution is -0.148. The number of carbonyl (C=O) groups is 1. The van der Waals surface area contributed by atoms with Crippen molar-refractivity contribution in [1.29, 1.82) is 0 Å². The predicted octanol–water partition coefficient (Wildman–Crippen LogP) is 2.77. The summed E-state index contributed by atoms with van der Waals surface area (Å²) in [5.74, 6) is 0.598. The van der Waals surface area contributed by atoms with Crippen molar-refractivity contribution in [1.82, 2.24) is 14.8 Å². The molecule has 114 valence electrons. The molecule has 1 N–H and O–H groups in total. The van der Waals surface area contributed by atoms with Gasteiger partial charge in [0.2, 0.25) is 0 Å². The highest BCUT2D eigenvalue weighted by molar-refractivity contribution is 7.13. The minimum atomic E-state index is -0.755. The first-order chi connectivity index (χ1) is 9.84. The largest absolute Gasteiger partial charge is 0.465 e. The van der Waals surface area contributed by atoms with Crippen LogP contribution in [0.4, 0.5) is 10.9 Å². The van der Waals surface area contributed by atoms with E-state index in [1.165, 1.54) is 11.3 Å². The Bertz CT molecular complexity index is 645. The van der Waals surface area contributed by atoms with E-state index in [0.717, 1.165) is 16.6 Å². The standard InChI is InChI=1S/C14H20N4O2S/c1-6-20-12(19)14(3,4)10-8-21-13(15-10)16-11-7-9(2)17-18(11)5/h7-8H,6H2,1-5H3,(H,15,16). The van der Waals surface area contributed by atoms with Crippen molar-refractivity contribution in [3.63, 3.8) is 0 Å². The lowest BCUT2D eigenvalue weighted by Crippen LogP contribution is -2.31. The van der Waals surface area contributed by atoms with Gasteiger partial charge < -0.3 is 10.1 Å². The van der Waals surface area contributed by atoms with Crippen molar-refractivity contribution < 1.29 is 9.53 Å². The Morgan fingerprint density at radius 3 is 2.81 bits per heavy atom. The van der Waals surface area contributed by atoms with E-state index < -0.39 is 5.41 Å². The number of hydrogen-bond acceptors (Lipinski definition) is 6. The maximum Gasteiger partial charge on any atom is 0.317 e. The molecule has 0 aliphatic heterocycles. The van der Waals surface area contributed by atoms with E-state index in [0.29, 0.717) is 12.3 Å². The molecule has 0 amide bonds. The van der Waals surface area contributed by atoms with Crippen LogP contribution in [0.1, 0.15) is 32.2 Å². The van der Waals surface area contributed by atoms with E-state index >= 15 is 0 Å². The Kier molecular flexibility index (Phi) is 4.32. The fourth-order valence-electron chi connectivity index (χ4n) is 1.87. The molecule has 0 aliphatic rings. The lowest BCUT2D eigenvalue weighted by Gasteiger charge is -2.19. The van der Waals surface area contributed by atoms with E-state index in [9.17, 15) is 4.79 Å². The minimum Gasteiger partial charge on any atom is -0.465 e. The number of anilines is 2. The summed E-state index contributed by atoms with van der Waals surface area (Å²) in [4.78, 5) is 16.5. The number of carbonyl (C=O) groups excluding carboxylic acids is 1. The zero-order valence-corrected chi connectivity index (χ0v) is 13.7. The smallest absolute Gasteiger partial charge is 0.317 e. The number of aromatic nitrogens is 3. The van der Waals surface area contributed by atoms with Crippen molar-refractivity contribution in [2.24, 2.45) is 7.05 Å². The number of nitrogens with zero attached hydrogens (tertiary/aromatic N) is 3. The first-order valence-electron chi connectivity index (χ1n) is 6.75. The molecule has 6 nitrogen and oxygen atoms in total. The second-order valence-electron chi connectivity index (χ2n) is 5.30. The second kappa shape index (κ2) is 5.85. The van der Waals surface area contributed by atoms with E-state index in [2.05, 4.69) is 15.4 Å². The third kappa shape index (κ3) is 3.24. The van der Waals surface area contributed by atoms with Gasteiger partial charge in [-0.3, -0.25) is 9.48 Å². The molecule has 2 aromatic rings. The van der Waals surface area contributed by atoms with Crippen LogP contribution in [0, 0.1) is 6.92 Å². The number of nitrogens with one attached hydrogen (secondary N) is 1. The van der Waals surface area contributed by atoms with Crippen molar-refractivity contribution in [3.8, 4) is 0 Å². The van der Waals surface area contributed by atoms with Crippen LogP contribution in [0.15, 0.2) is 11.4 Å². The van der Waals surface area contributed by atoms with Gasteiger partial charge >= 0.3 is 5.97 Å². The van der Waals surface area contributed by atoms with Crippen LogP contribution in [-0.4, -0.2) is 27.3 Å². The Labute approximate surface area is 128 Å². The molecule has 0 aromatic carbocycles. The molecule has 0 aliphatic carbocycles. The summed E-state index contributed by atoms with van der Waals surface area (Å²) in [5, 5.41) is 10.1. The van der Waals surface area contributed by atoms with Gasteiger partial charge in [-0.25, -0.2) is 4.98 Å². The van der Waals surface area contributed by atoms with Crippen LogP contribution in [0.25, 0.3) is 0 Å². The highest BCUT2D eigenvalue weighted by Crippen LogP contribution is 2.29. The molecule has 0 saturated carbocycles. The summed E-state index contributed by atoms with van der Waals surface area (Å²) in [6.07, 6.45) is 0. The molecule has 7 heteroatoms. The van der Waals surface area contributed by atoms with Crippen molar-refractivity contribution >= 4 is 28.3 Å². The molecule has 0 unspecified atom stereocenters. The number of ether oxygens (including phenoxy) is 1. The topological polar surface area (TPSA) is 69.0 Å². The first-order valence-corrected chi connectivity index (χ1v) is 7.63. The summed E-state index contributed by atoms with van der Waals surface area (Å²) in [6.45, 7) is 7.73. The number of rotatable bonds is 5. The molecule has 0 atom stereocenters. The number of esters is 1. The van der Waals surface area contributed by atoms with Crippen LogP contribution in [0.2, 0.25) is 0 Å². The highest BCUT2D eigenvalue weighted by Gasteiger charge is 2.34. The predicted molar refractivity (Wildman–Crippen MR) is 83.0 cm³/mol. The Hall–Kier alpha value is -1.89. The van der Waals surface area contributed by atoms with Crippen molar-refractivity contribution in [2.75, 3.05) is 11.9 Å². The van der Waals surface area contributed by atoms with Crippen LogP contribution >= 0.6 is 11.3 Å². The van der Waals surface area contributed by atoms with E-state index in [4.69, 9.17) is 4.74 Å². The molecule has 0 radical (unpaired) electrons. The molecule has 2 heterocycles. The van der Waals surface area contributed by atoms with Crippen LogP contribution in [-0.2, 0) is 22.0 Å². The van der Waals surface area contributed by atoms with Crippen LogP contribution in [0.5, 0.6) is 0 Å². The van der Waals surface area contributed by atoms with Gasteiger partial charge in [-0.05, 0) is 27.7 Å². The van der Waals surface area contributed by atoms with Gasteiger partial charge in [0.15, 0.2) is 5.13 Å². The molecule has 0 fully saturated rings. The fourth-order valence-corrected chi connectivity index (χ4v) is 2.76. The normalized spacial score (nSPS) is 11.5. The van der Waals surface area contributed by atoms with Gasteiger partial charge in [-0.1, -0.05) is 0 Å². The van der Waals surface area contributed by atoms with Gasteiger partial charge in [0.1, 0.15) is 11.2 Å². The minimum absolute atomic E-state index is 0.266. The molecule has 0 bridgehead atoms. The van der Waals surface area contributed by atoms with Gasteiger partial charge in [0.25, 0.3) is 0 Å². The quantitative estimate of drug-likeness (QED) is 0.860. The summed E-state index contributed by atoms with van der Waals surface area (Å²) in [6, 6.07) is 1.94. The molecular formula is C14H20N4O2S. The fraction of sp³-hybridized carbons (Fsp3) is 0.500. The van der Waals surface area contributed by atoms with Crippen LogP contribution < -0.4 is 5.32 Å². The van der Waals surface area contributed by atoms with E-state index in [-0.39, 0.29) is 5.97 Å². The summed E-state index contributed by atoms with van der Waals surface area (Å²) >= 11 is 1.45. The maximum atomic E-state index is 12.0. The third-order valence-electron chi connectivity index (χ3n) is 3.17. The van der Waals surface area contributed by atoms with E-state index in [1.54, 1.807) is 11.6 Å². The summed E-state index contributed by atoms with van der Waals surface area (Å²) < 4.78 is 6.86. The molecular weight excluding hydrogens is 288 g/mol. The van der Waals surface area contributed by atoms with Crippen molar-refractivity contribution in [3.05, 3.63) is 22.8 Å². The molecule has 21 heavy (non-hydrogen) atoms. The first kappa shape index (κ1) is 15.5. The SMILES string of the molecule is CCOC(=O)C(C)(C)c1csc(Nc2cc(C)nn2C)n1. The molecule has 2 aromatic heterocycles.